The summed E-state index contributed by atoms with van der Waals surface area (Å²) >= 11 is 0. The second-order valence-electron chi connectivity index (χ2n) is 17.3. The van der Waals surface area contributed by atoms with Crippen LogP contribution in [0.5, 0.6) is 0 Å². The molecule has 3 aliphatic heterocycles. The molecule has 1 saturated carbocycles. The molecule has 312 valence electrons. The molecular formula is C43H70N2O10. The van der Waals surface area contributed by atoms with E-state index < -0.39 is 65.4 Å². The molecule has 2 bridgehead atoms. The molecule has 12 nitrogen and oxygen atoms in total. The van der Waals surface area contributed by atoms with E-state index in [9.17, 15) is 24.3 Å². The lowest BCUT2D eigenvalue weighted by molar-refractivity contribution is -0.302. The van der Waals surface area contributed by atoms with Gasteiger partial charge in [-0.3, -0.25) is 14.4 Å². The maximum Gasteiger partial charge on any atom is 0.329 e. The highest BCUT2D eigenvalue weighted by molar-refractivity contribution is 6.39. The second kappa shape index (κ2) is 19.8. The Morgan fingerprint density at radius 1 is 1.00 bits per heavy atom. The Morgan fingerprint density at radius 2 is 1.69 bits per heavy atom. The van der Waals surface area contributed by atoms with Crippen LogP contribution in [0.3, 0.4) is 0 Å². The van der Waals surface area contributed by atoms with Crippen LogP contribution < -0.4 is 5.73 Å². The van der Waals surface area contributed by atoms with E-state index in [1.807, 2.05) is 33.8 Å². The van der Waals surface area contributed by atoms with Crippen LogP contribution in [0.4, 0.5) is 0 Å². The number of hydrogen-bond acceptors (Lipinski definition) is 11. The first-order valence-electron chi connectivity index (χ1n) is 20.7. The van der Waals surface area contributed by atoms with Gasteiger partial charge in [-0.1, -0.05) is 45.4 Å². The first kappa shape index (κ1) is 45.2. The van der Waals surface area contributed by atoms with E-state index in [-0.39, 0.29) is 42.6 Å². The molecule has 3 heterocycles. The standard InChI is InChI=1S/C43H70N2O10/c1-10-31-21-26(2)20-27(3)22-35(52-8)38-36(53-9)23-30(6)43(50,55-38)39(47)40(48)45-19-12-11-15-33(45)41(49)54-37(28(4)16-17-34(31)46)29(5)24-42(44)18-13-14-32(25-42)51-7/h21,24,27-28,30-33,35-38,50H,10-20,22-23,25,44H2,1-9H3. The van der Waals surface area contributed by atoms with Gasteiger partial charge < -0.3 is 39.4 Å². The Morgan fingerprint density at radius 3 is 2.35 bits per heavy atom. The molecule has 0 radical (unpaired) electrons. The number of carbonyl (C=O) groups is 4. The molecule has 4 aliphatic rings. The highest BCUT2D eigenvalue weighted by Crippen LogP contribution is 2.39. The van der Waals surface area contributed by atoms with Gasteiger partial charge in [0.25, 0.3) is 11.7 Å². The van der Waals surface area contributed by atoms with E-state index in [1.54, 1.807) is 28.3 Å². The van der Waals surface area contributed by atoms with Crippen molar-refractivity contribution in [3.05, 3.63) is 23.3 Å². The summed E-state index contributed by atoms with van der Waals surface area (Å²) in [6.45, 7) is 11.8. The van der Waals surface area contributed by atoms with Crippen molar-refractivity contribution in [1.29, 1.82) is 0 Å². The number of aliphatic hydroxyl groups is 1. The zero-order valence-electron chi connectivity index (χ0n) is 35.0. The van der Waals surface area contributed by atoms with Gasteiger partial charge in [0, 0.05) is 51.7 Å². The maximum atomic E-state index is 14.3. The number of nitrogens with two attached hydrogens (primary N) is 1. The van der Waals surface area contributed by atoms with Crippen LogP contribution in [-0.4, -0.2) is 109 Å². The highest BCUT2D eigenvalue weighted by atomic mass is 16.7. The van der Waals surface area contributed by atoms with Crippen LogP contribution in [0.15, 0.2) is 23.3 Å². The monoisotopic (exact) mass is 775 g/mol. The average Bonchev–Trinajstić information content (AvgIpc) is 3.16. The van der Waals surface area contributed by atoms with Crippen LogP contribution in [-0.2, 0) is 42.9 Å². The van der Waals surface area contributed by atoms with Crippen molar-refractivity contribution in [1.82, 2.24) is 4.90 Å². The molecular weight excluding hydrogens is 704 g/mol. The number of nitrogens with zero attached hydrogens (tertiary/aromatic N) is 1. The summed E-state index contributed by atoms with van der Waals surface area (Å²) in [6, 6.07) is -1.04. The summed E-state index contributed by atoms with van der Waals surface area (Å²) < 4.78 is 30.0. The van der Waals surface area contributed by atoms with Gasteiger partial charge in [0.15, 0.2) is 0 Å². The van der Waals surface area contributed by atoms with Crippen molar-refractivity contribution in [2.45, 2.75) is 173 Å². The number of ketones is 2. The smallest absolute Gasteiger partial charge is 0.329 e. The first-order valence-corrected chi connectivity index (χ1v) is 20.7. The number of piperidine rings is 1. The molecule has 4 rings (SSSR count). The van der Waals surface area contributed by atoms with E-state index in [4.69, 9.17) is 29.4 Å². The Bertz CT molecular complexity index is 1420. The zero-order valence-corrected chi connectivity index (χ0v) is 35.0. The third-order valence-electron chi connectivity index (χ3n) is 12.8. The molecule has 12 heteroatoms. The molecule has 1 aliphatic carbocycles. The largest absolute Gasteiger partial charge is 0.456 e. The van der Waals surface area contributed by atoms with Crippen LogP contribution in [0, 0.1) is 23.7 Å². The number of methoxy groups -OCH3 is 3. The van der Waals surface area contributed by atoms with E-state index >= 15 is 0 Å². The van der Waals surface area contributed by atoms with Crippen molar-refractivity contribution < 1.29 is 48.0 Å². The van der Waals surface area contributed by atoms with Crippen LogP contribution >= 0.6 is 0 Å². The molecule has 12 atom stereocenters. The molecule has 0 spiro atoms. The fraction of sp³-hybridized carbons (Fsp3) is 0.814. The lowest BCUT2D eigenvalue weighted by atomic mass is 9.78. The number of rotatable bonds is 6. The van der Waals surface area contributed by atoms with Gasteiger partial charge in [-0.05, 0) is 108 Å². The van der Waals surface area contributed by atoms with Crippen molar-refractivity contribution in [3.63, 3.8) is 0 Å². The minimum atomic E-state index is -2.46. The number of cyclic esters (lactones) is 1. The van der Waals surface area contributed by atoms with Gasteiger partial charge in [-0.15, -0.1) is 0 Å². The van der Waals surface area contributed by atoms with E-state index in [0.717, 1.165) is 30.4 Å². The molecule has 0 aromatic carbocycles. The number of Topliss-reactive ketones (excluding diaryl/α,β-unsaturated/α-hetero) is 2. The number of hydrogen-bond donors (Lipinski definition) is 2. The summed E-state index contributed by atoms with van der Waals surface area (Å²) in [5, 5.41) is 12.0. The lowest BCUT2D eigenvalue weighted by Gasteiger charge is -2.47. The van der Waals surface area contributed by atoms with E-state index in [1.165, 1.54) is 4.90 Å². The second-order valence-corrected chi connectivity index (χ2v) is 17.3. The molecule has 3 fully saturated rings. The summed E-state index contributed by atoms with van der Waals surface area (Å²) in [5.41, 5.74) is 8.13. The fourth-order valence-electron chi connectivity index (χ4n) is 9.54. The predicted octanol–water partition coefficient (Wildman–Crippen LogP) is 5.61. The predicted molar refractivity (Wildman–Crippen MR) is 209 cm³/mol. The zero-order chi connectivity index (χ0) is 40.7. The van der Waals surface area contributed by atoms with Crippen molar-refractivity contribution in [3.8, 4) is 0 Å². The first-order chi connectivity index (χ1) is 26.0. The molecule has 0 aromatic rings. The Balaban J connectivity index is 1.75. The quantitative estimate of drug-likeness (QED) is 0.196. The maximum absolute atomic E-state index is 14.3. The number of ether oxygens (including phenoxy) is 5. The van der Waals surface area contributed by atoms with Gasteiger partial charge in [-0.25, -0.2) is 4.79 Å². The van der Waals surface area contributed by atoms with E-state index in [2.05, 4.69) is 13.0 Å². The van der Waals surface area contributed by atoms with Crippen LogP contribution in [0.25, 0.3) is 0 Å². The summed E-state index contributed by atoms with van der Waals surface area (Å²) in [4.78, 5) is 57.7. The molecule has 12 unspecified atom stereocenters. The molecule has 55 heavy (non-hydrogen) atoms. The molecule has 3 N–H and O–H groups in total. The summed E-state index contributed by atoms with van der Waals surface area (Å²) in [5.74, 6) is -6.27. The summed E-state index contributed by atoms with van der Waals surface area (Å²) in [7, 11) is 4.80. The van der Waals surface area contributed by atoms with Crippen molar-refractivity contribution in [2.75, 3.05) is 27.9 Å². The minimum absolute atomic E-state index is 0.0232. The normalized spacial score (nSPS) is 39.8. The fourth-order valence-corrected chi connectivity index (χ4v) is 9.54. The van der Waals surface area contributed by atoms with Gasteiger partial charge in [0.05, 0.1) is 18.3 Å². The number of allylic oxidation sites excluding steroid dienone is 2. The third kappa shape index (κ3) is 10.9. The van der Waals surface area contributed by atoms with Gasteiger partial charge in [0.2, 0.25) is 5.79 Å². The summed E-state index contributed by atoms with van der Waals surface area (Å²) in [6.07, 6.45) is 9.09. The highest BCUT2D eigenvalue weighted by Gasteiger charge is 2.56. The van der Waals surface area contributed by atoms with Crippen molar-refractivity contribution in [2.24, 2.45) is 29.4 Å². The minimum Gasteiger partial charge on any atom is -0.456 e. The third-order valence-corrected chi connectivity index (χ3v) is 12.8. The SMILES string of the molecule is CCC1C=C(C)CC(C)CC(OC)C2OC(O)(C(=O)C(=O)N3CCCCC3C(=O)OC(C(C)=CC3(N)CCCC(OC)C3)C(C)CCC1=O)C(C)CC2OC. The number of esters is 1. The average molecular weight is 775 g/mol. The molecule has 1 amide bonds. The Kier molecular flexibility index (Phi) is 16.3. The Hall–Kier alpha value is -2.48. The van der Waals surface area contributed by atoms with E-state index in [0.29, 0.717) is 57.8 Å². The molecule has 0 aromatic heterocycles. The van der Waals surface area contributed by atoms with Crippen LogP contribution in [0.1, 0.15) is 125 Å². The Labute approximate surface area is 329 Å². The van der Waals surface area contributed by atoms with Crippen LogP contribution in [0.2, 0.25) is 0 Å². The van der Waals surface area contributed by atoms with Gasteiger partial charge in [0.1, 0.15) is 24.0 Å². The lowest BCUT2D eigenvalue weighted by Crippen LogP contribution is -2.64. The topological polar surface area (TPSA) is 164 Å². The number of fused-ring (bicyclic) bond motifs is 3. The van der Waals surface area contributed by atoms with Gasteiger partial charge >= 0.3 is 5.97 Å². The number of amides is 1. The van der Waals surface area contributed by atoms with Crippen molar-refractivity contribution >= 4 is 23.4 Å². The number of carbonyl (C=O) groups excluding carboxylic acids is 4. The van der Waals surface area contributed by atoms with Gasteiger partial charge in [-0.2, -0.15) is 0 Å². The molecule has 2 saturated heterocycles.